The Kier molecular flexibility index (Phi) is 4.20. The van der Waals surface area contributed by atoms with Crippen LogP contribution in [0.25, 0.3) is 11.2 Å². The van der Waals surface area contributed by atoms with Crippen LogP contribution in [0.15, 0.2) is 42.6 Å². The smallest absolute Gasteiger partial charge is 0.160 e. The van der Waals surface area contributed by atoms with E-state index in [9.17, 15) is 0 Å². The normalized spacial score (nSPS) is 11.1. The predicted molar refractivity (Wildman–Crippen MR) is 86.8 cm³/mol. The van der Waals surface area contributed by atoms with Crippen molar-refractivity contribution >= 4 is 22.8 Å². The highest BCUT2D eigenvalue weighted by Crippen LogP contribution is 2.19. The molecule has 0 bridgehead atoms. The van der Waals surface area contributed by atoms with Gasteiger partial charge in [0, 0.05) is 25.0 Å². The first-order valence-electron chi connectivity index (χ1n) is 7.20. The zero-order chi connectivity index (χ0) is 14.7. The summed E-state index contributed by atoms with van der Waals surface area (Å²) in [5, 5.41) is 0. The molecule has 3 aromatic rings. The van der Waals surface area contributed by atoms with Crippen LogP contribution < -0.4 is 0 Å². The number of aryl methyl sites for hydroxylation is 4. The molecule has 21 heavy (non-hydrogen) atoms. The summed E-state index contributed by atoms with van der Waals surface area (Å²) in [6.07, 6.45) is 3.59. The van der Waals surface area contributed by atoms with E-state index in [-0.39, 0.29) is 0 Å². The first-order valence-corrected chi connectivity index (χ1v) is 7.73. The van der Waals surface area contributed by atoms with Crippen LogP contribution in [-0.4, -0.2) is 20.4 Å². The second kappa shape index (κ2) is 6.27. The maximum atomic E-state index is 5.92. The molecule has 4 heteroatoms. The van der Waals surface area contributed by atoms with Gasteiger partial charge in [-0.05, 0) is 30.5 Å². The van der Waals surface area contributed by atoms with Crippen molar-refractivity contribution in [1.82, 2.24) is 14.5 Å². The predicted octanol–water partition coefficient (Wildman–Crippen LogP) is 3.76. The fraction of sp³-hybridized carbons (Fsp3) is 0.294. The Bertz CT molecular complexity index is 734. The summed E-state index contributed by atoms with van der Waals surface area (Å²) in [6, 6.07) is 12.5. The van der Waals surface area contributed by atoms with E-state index >= 15 is 0 Å². The van der Waals surface area contributed by atoms with Crippen molar-refractivity contribution in [2.24, 2.45) is 0 Å². The molecule has 0 saturated carbocycles. The molecule has 3 nitrogen and oxygen atoms in total. The van der Waals surface area contributed by atoms with Crippen LogP contribution >= 0.6 is 11.6 Å². The van der Waals surface area contributed by atoms with Crippen molar-refractivity contribution in [3.05, 3.63) is 59.5 Å². The van der Waals surface area contributed by atoms with Crippen molar-refractivity contribution in [3.63, 3.8) is 0 Å². The van der Waals surface area contributed by atoms with Crippen molar-refractivity contribution in [1.29, 1.82) is 0 Å². The van der Waals surface area contributed by atoms with E-state index in [1.54, 1.807) is 0 Å². The first-order chi connectivity index (χ1) is 10.3. The van der Waals surface area contributed by atoms with Gasteiger partial charge in [0.25, 0.3) is 0 Å². The lowest BCUT2D eigenvalue weighted by atomic mass is 10.1. The van der Waals surface area contributed by atoms with E-state index in [2.05, 4.69) is 40.7 Å². The number of alkyl halides is 1. The number of benzene rings is 1. The molecule has 0 N–H and O–H groups in total. The summed E-state index contributed by atoms with van der Waals surface area (Å²) in [5.74, 6) is 1.60. The van der Waals surface area contributed by atoms with E-state index in [4.69, 9.17) is 16.6 Å². The number of fused-ring (bicyclic) bond motifs is 1. The fourth-order valence-corrected chi connectivity index (χ4v) is 2.75. The van der Waals surface area contributed by atoms with Gasteiger partial charge in [-0.15, -0.1) is 11.6 Å². The highest BCUT2D eigenvalue weighted by atomic mass is 35.5. The Morgan fingerprint density at radius 3 is 2.67 bits per heavy atom. The zero-order valence-electron chi connectivity index (χ0n) is 12.1. The lowest BCUT2D eigenvalue weighted by Crippen LogP contribution is -2.07. The number of rotatable bonds is 5. The second-order valence-electron chi connectivity index (χ2n) is 5.15. The molecule has 0 saturated heterocycles. The van der Waals surface area contributed by atoms with E-state index in [0.717, 1.165) is 41.9 Å². The number of hydrogen-bond acceptors (Lipinski definition) is 2. The van der Waals surface area contributed by atoms with Crippen LogP contribution in [0, 0.1) is 6.92 Å². The minimum absolute atomic E-state index is 0.577. The van der Waals surface area contributed by atoms with E-state index in [0.29, 0.717) is 5.88 Å². The second-order valence-corrected chi connectivity index (χ2v) is 5.53. The van der Waals surface area contributed by atoms with Crippen molar-refractivity contribution in [2.75, 3.05) is 5.88 Å². The molecule has 1 aromatic carbocycles. The molecule has 0 fully saturated rings. The topological polar surface area (TPSA) is 30.7 Å². The van der Waals surface area contributed by atoms with Gasteiger partial charge in [0.05, 0.1) is 0 Å². The number of pyridine rings is 1. The molecule has 2 heterocycles. The number of imidazole rings is 1. The Morgan fingerprint density at radius 1 is 1.10 bits per heavy atom. The van der Waals surface area contributed by atoms with Crippen LogP contribution in [0.3, 0.4) is 0 Å². The average Bonchev–Trinajstić information content (AvgIpc) is 2.86. The zero-order valence-corrected chi connectivity index (χ0v) is 12.8. The molecule has 3 rings (SSSR count). The lowest BCUT2D eigenvalue weighted by Gasteiger charge is -2.08. The van der Waals surface area contributed by atoms with Gasteiger partial charge in [-0.3, -0.25) is 0 Å². The Hall–Kier alpha value is -1.87. The van der Waals surface area contributed by atoms with Crippen LogP contribution in [0.2, 0.25) is 0 Å². The molecule has 0 aliphatic carbocycles. The number of aromatic nitrogens is 3. The molecule has 2 aromatic heterocycles. The van der Waals surface area contributed by atoms with E-state index in [1.807, 2.05) is 18.3 Å². The number of nitrogens with zero attached hydrogens (tertiary/aromatic N) is 3. The maximum Gasteiger partial charge on any atom is 0.160 e. The van der Waals surface area contributed by atoms with Crippen LogP contribution in [-0.2, 0) is 19.4 Å². The molecule has 0 aliphatic rings. The van der Waals surface area contributed by atoms with Gasteiger partial charge in [0.15, 0.2) is 5.65 Å². The van der Waals surface area contributed by atoms with Crippen molar-refractivity contribution < 1.29 is 0 Å². The summed E-state index contributed by atoms with van der Waals surface area (Å²) in [7, 11) is 0. The average molecular weight is 300 g/mol. The van der Waals surface area contributed by atoms with Crippen molar-refractivity contribution in [2.45, 2.75) is 26.3 Å². The standard InChI is InChI=1S/C17H18ClN3/c1-13-8-11-19-17-16(13)20-15(7-10-18)21(17)12-9-14-5-3-2-4-6-14/h2-6,8,11H,7,9-10,12H2,1H3. The molecule has 108 valence electrons. The van der Waals surface area contributed by atoms with Gasteiger partial charge in [-0.25, -0.2) is 9.97 Å². The van der Waals surface area contributed by atoms with Gasteiger partial charge in [0.1, 0.15) is 11.3 Å². The summed E-state index contributed by atoms with van der Waals surface area (Å²) in [4.78, 5) is 9.24. The molecular weight excluding hydrogens is 282 g/mol. The van der Waals surface area contributed by atoms with Crippen LogP contribution in [0.5, 0.6) is 0 Å². The fourth-order valence-electron chi connectivity index (χ4n) is 2.58. The van der Waals surface area contributed by atoms with Gasteiger partial charge in [0.2, 0.25) is 0 Å². The minimum Gasteiger partial charge on any atom is -0.312 e. The summed E-state index contributed by atoms with van der Waals surface area (Å²) in [5.41, 5.74) is 4.44. The molecule has 0 unspecified atom stereocenters. The van der Waals surface area contributed by atoms with Crippen LogP contribution in [0.4, 0.5) is 0 Å². The van der Waals surface area contributed by atoms with Crippen molar-refractivity contribution in [3.8, 4) is 0 Å². The van der Waals surface area contributed by atoms with E-state index in [1.165, 1.54) is 5.56 Å². The Labute approximate surface area is 129 Å². The molecule has 0 aliphatic heterocycles. The molecule has 0 radical (unpaired) electrons. The summed E-state index contributed by atoms with van der Waals surface area (Å²) < 4.78 is 2.21. The summed E-state index contributed by atoms with van der Waals surface area (Å²) in [6.45, 7) is 2.95. The quantitative estimate of drug-likeness (QED) is 0.672. The number of hydrogen-bond donors (Lipinski definition) is 0. The largest absolute Gasteiger partial charge is 0.312 e. The van der Waals surface area contributed by atoms with Gasteiger partial charge < -0.3 is 4.57 Å². The molecule has 0 spiro atoms. The molecular formula is C17H18ClN3. The highest BCUT2D eigenvalue weighted by molar-refractivity contribution is 6.17. The monoisotopic (exact) mass is 299 g/mol. The van der Waals surface area contributed by atoms with Gasteiger partial charge in [-0.2, -0.15) is 0 Å². The summed E-state index contributed by atoms with van der Waals surface area (Å²) >= 11 is 5.92. The third kappa shape index (κ3) is 2.93. The molecule has 0 amide bonds. The third-order valence-electron chi connectivity index (χ3n) is 3.70. The SMILES string of the molecule is Cc1ccnc2c1nc(CCCl)n2CCc1ccccc1. The Balaban J connectivity index is 1.95. The first kappa shape index (κ1) is 14.1. The van der Waals surface area contributed by atoms with Gasteiger partial charge in [-0.1, -0.05) is 30.3 Å². The Morgan fingerprint density at radius 2 is 1.90 bits per heavy atom. The molecule has 0 atom stereocenters. The van der Waals surface area contributed by atoms with Crippen LogP contribution in [0.1, 0.15) is 17.0 Å². The van der Waals surface area contributed by atoms with E-state index < -0.39 is 0 Å². The third-order valence-corrected chi connectivity index (χ3v) is 3.89. The van der Waals surface area contributed by atoms with Gasteiger partial charge >= 0.3 is 0 Å². The maximum absolute atomic E-state index is 5.92. The lowest BCUT2D eigenvalue weighted by molar-refractivity contribution is 0.670. The number of halogens is 1. The minimum atomic E-state index is 0.577. The highest BCUT2D eigenvalue weighted by Gasteiger charge is 2.12.